The number of hydrogen-bond acceptors (Lipinski definition) is 9. The van der Waals surface area contributed by atoms with E-state index in [1.807, 2.05) is 25.3 Å². The Labute approximate surface area is 406 Å². The first kappa shape index (κ1) is 48.8. The van der Waals surface area contributed by atoms with E-state index in [0.29, 0.717) is 72.6 Å². The number of carbonyl (C=O) groups is 1. The van der Waals surface area contributed by atoms with Crippen molar-refractivity contribution < 1.29 is 34.3 Å². The van der Waals surface area contributed by atoms with Gasteiger partial charge in [0.15, 0.2) is 35.1 Å². The predicted molar refractivity (Wildman–Crippen MR) is 268 cm³/mol. The molecule has 0 radical (unpaired) electrons. The molecule has 11 heteroatoms. The number of likely N-dealkylation sites (N-methyl/N-ethyl adjacent to an activating group) is 1. The topological polar surface area (TPSA) is 154 Å². The Hall–Kier alpha value is -4.24. The van der Waals surface area contributed by atoms with Gasteiger partial charge in [0.1, 0.15) is 5.60 Å². The lowest BCUT2D eigenvalue weighted by Gasteiger charge is -2.55. The van der Waals surface area contributed by atoms with Crippen LogP contribution in [0.3, 0.4) is 0 Å². The normalized spacial score (nSPS) is 34.9. The van der Waals surface area contributed by atoms with Crippen molar-refractivity contribution in [1.82, 2.24) is 10.6 Å². The van der Waals surface area contributed by atoms with E-state index in [-0.39, 0.29) is 46.6 Å². The molecule has 6 fully saturated rings. The highest BCUT2D eigenvalue weighted by molar-refractivity contribution is 5.97. The maximum Gasteiger partial charge on any atom is 0.207 e. The lowest BCUT2D eigenvalue weighted by atomic mass is 9.48. The molecule has 0 saturated heterocycles. The Morgan fingerprint density at radius 2 is 1.75 bits per heavy atom. The van der Waals surface area contributed by atoms with E-state index in [4.69, 9.17) is 14.2 Å². The summed E-state index contributed by atoms with van der Waals surface area (Å²) in [6, 6.07) is 13.0. The number of rotatable bonds is 12. The van der Waals surface area contributed by atoms with Gasteiger partial charge in [-0.25, -0.2) is 0 Å². The summed E-state index contributed by atoms with van der Waals surface area (Å²) in [6.45, 7) is 2.94. The van der Waals surface area contributed by atoms with Crippen LogP contribution in [0.25, 0.3) is 0 Å². The fourth-order valence-corrected chi connectivity index (χ4v) is 15.2. The van der Waals surface area contributed by atoms with Crippen LogP contribution in [0.1, 0.15) is 153 Å². The number of phenols is 2. The summed E-state index contributed by atoms with van der Waals surface area (Å²) >= 11 is 0. The maximum atomic E-state index is 15.5. The summed E-state index contributed by atoms with van der Waals surface area (Å²) in [6.07, 6.45) is 25.2. The predicted octanol–water partition coefficient (Wildman–Crippen LogP) is 10.3. The molecule has 11 atom stereocenters. The van der Waals surface area contributed by atoms with Crippen LogP contribution in [-0.2, 0) is 21.4 Å². The molecule has 7 aliphatic rings. The summed E-state index contributed by atoms with van der Waals surface area (Å²) in [5.74, 6) is 7.41. The lowest BCUT2D eigenvalue weighted by molar-refractivity contribution is -0.152. The van der Waals surface area contributed by atoms with E-state index in [1.54, 1.807) is 20.2 Å². The number of anilines is 1. The van der Waals surface area contributed by atoms with Crippen LogP contribution < -0.4 is 25.4 Å². The fraction of sp³-hybridized carbons (Fsp3) is 0.684. The molecule has 6 saturated carbocycles. The largest absolute Gasteiger partial charge is 0.504 e. The molecule has 1 heterocycles. The van der Waals surface area contributed by atoms with Gasteiger partial charge in [-0.05, 0) is 173 Å². The Kier molecular flexibility index (Phi) is 15.1. The number of phenolic OH excluding ortho intramolecular Hbond substituents is 2. The highest BCUT2D eigenvalue weighted by Gasteiger charge is 2.58. The minimum atomic E-state index is -0.799. The number of carbonyl (C=O) groups excluding carboxylic acids is 1. The van der Waals surface area contributed by atoms with Crippen LogP contribution in [0.4, 0.5) is 5.69 Å². The Morgan fingerprint density at radius 3 is 2.54 bits per heavy atom. The molecule has 6 N–H and O–H groups in total. The number of aromatic hydroxyl groups is 2. The van der Waals surface area contributed by atoms with Crippen molar-refractivity contribution in [1.29, 1.82) is 0 Å². The van der Waals surface area contributed by atoms with Gasteiger partial charge in [0.2, 0.25) is 5.96 Å². The van der Waals surface area contributed by atoms with Gasteiger partial charge in [0, 0.05) is 43.3 Å². The van der Waals surface area contributed by atoms with Gasteiger partial charge in [-0.2, -0.15) is 0 Å². The number of fused-ring (bicyclic) bond motifs is 5. The van der Waals surface area contributed by atoms with Gasteiger partial charge in [-0.15, -0.1) is 0 Å². The van der Waals surface area contributed by atoms with Crippen LogP contribution in [0.15, 0.2) is 47.5 Å². The summed E-state index contributed by atoms with van der Waals surface area (Å²) < 4.78 is 19.0. The van der Waals surface area contributed by atoms with Gasteiger partial charge in [-0.3, -0.25) is 15.1 Å². The highest BCUT2D eigenvalue weighted by atomic mass is 16.6. The van der Waals surface area contributed by atoms with Crippen molar-refractivity contribution in [3.8, 4) is 35.0 Å². The number of aliphatic hydroxyl groups excluding tert-OH is 1. The number of guanidine groups is 1. The van der Waals surface area contributed by atoms with E-state index in [9.17, 15) is 15.3 Å². The molecule has 11 unspecified atom stereocenters. The molecule has 1 aliphatic heterocycles. The average Bonchev–Trinajstić information content (AvgIpc) is 4.08. The van der Waals surface area contributed by atoms with E-state index in [1.165, 1.54) is 25.7 Å². The van der Waals surface area contributed by atoms with E-state index >= 15 is 4.79 Å². The molecule has 6 aliphatic carbocycles. The minimum absolute atomic E-state index is 0.0346. The molecular weight excluding hydrogens is 853 g/mol. The summed E-state index contributed by atoms with van der Waals surface area (Å²) in [5, 5.41) is 44.3. The second-order valence-electron chi connectivity index (χ2n) is 22.3. The number of ether oxygens (including phenoxy) is 3. The molecule has 0 aromatic heterocycles. The SMILES string of the molecule is CCC1CCC2CC3CCCC34c3cc(c(O)c(OC5(CNC)CCC(CC(O)OC6CCCCC6)C5)c3)NC(=NC)NC#CCC3CCCC3(Cc3ccc(O)c(OC)c3)C(=O)C=CC4C2C1. The third-order valence-electron chi connectivity index (χ3n) is 18.6. The van der Waals surface area contributed by atoms with E-state index in [2.05, 4.69) is 58.0 Å². The number of benzene rings is 2. The molecule has 370 valence electrons. The first-order valence-electron chi connectivity index (χ1n) is 26.6. The number of ketones is 1. The van der Waals surface area contributed by atoms with Crippen LogP contribution in [0.2, 0.25) is 0 Å². The summed E-state index contributed by atoms with van der Waals surface area (Å²) in [4.78, 5) is 20.1. The van der Waals surface area contributed by atoms with Crippen LogP contribution in [0, 0.1) is 58.8 Å². The van der Waals surface area contributed by atoms with Crippen LogP contribution >= 0.6 is 0 Å². The van der Waals surface area contributed by atoms with Crippen molar-refractivity contribution in [3.63, 3.8) is 0 Å². The molecule has 2 bridgehead atoms. The maximum absolute atomic E-state index is 15.5. The Balaban J connectivity index is 1.13. The molecule has 68 heavy (non-hydrogen) atoms. The van der Waals surface area contributed by atoms with E-state index < -0.39 is 17.3 Å². The zero-order valence-corrected chi connectivity index (χ0v) is 41.4. The Morgan fingerprint density at radius 1 is 0.926 bits per heavy atom. The molecule has 0 amide bonds. The Bertz CT molecular complexity index is 2230. The molecule has 2 aromatic rings. The van der Waals surface area contributed by atoms with Crippen molar-refractivity contribution in [2.45, 2.75) is 172 Å². The standard InChI is InChI=1S/C57H80N4O7/c1-5-37-17-19-40-31-42-13-10-25-57(42)43-32-47(53(65)50(33-43)68-55(36-58-2)26-23-39(34-55)30-52(64)67-44-15-7-6-8-16-44)61-54(59-3)60-27-11-14-41-12-9-24-56(41,51(63)22-20-46(57)45(40)28-37)35-38-18-21-48(62)49(29-38)66-4/h18,20-22,29,32-33,37,39-42,44-46,52,58,62,64-65H,5-10,12-17,19,23-26,28,30-31,34-36H2,1-4H3,(H2,59,60,61). The van der Waals surface area contributed by atoms with Gasteiger partial charge in [-0.1, -0.05) is 69.9 Å². The second-order valence-corrected chi connectivity index (χ2v) is 22.3. The first-order valence-corrected chi connectivity index (χ1v) is 26.6. The van der Waals surface area contributed by atoms with Crippen molar-refractivity contribution in [2.24, 2.45) is 51.8 Å². The van der Waals surface area contributed by atoms with E-state index in [0.717, 1.165) is 107 Å². The average molecular weight is 933 g/mol. The first-order chi connectivity index (χ1) is 33.0. The van der Waals surface area contributed by atoms with Gasteiger partial charge < -0.3 is 40.2 Å². The number of aliphatic imine (C=N–C) groups is 1. The van der Waals surface area contributed by atoms with Gasteiger partial charge >= 0.3 is 0 Å². The van der Waals surface area contributed by atoms with Crippen molar-refractivity contribution >= 4 is 17.4 Å². The van der Waals surface area contributed by atoms with Gasteiger partial charge in [0.25, 0.3) is 0 Å². The van der Waals surface area contributed by atoms with Gasteiger partial charge in [0.05, 0.1) is 18.9 Å². The van der Waals surface area contributed by atoms with Crippen molar-refractivity contribution in [3.05, 3.63) is 53.6 Å². The van der Waals surface area contributed by atoms with Crippen molar-refractivity contribution in [2.75, 3.05) is 33.1 Å². The number of allylic oxidation sites excluding steroid dienone is 2. The number of nitrogens with zero attached hydrogens (tertiary/aromatic N) is 1. The molecular formula is C57H80N4O7. The molecule has 11 nitrogen and oxygen atoms in total. The van der Waals surface area contributed by atoms with Crippen LogP contribution in [-0.4, -0.2) is 72.8 Å². The monoisotopic (exact) mass is 933 g/mol. The third kappa shape index (κ3) is 9.77. The third-order valence-corrected chi connectivity index (χ3v) is 18.6. The lowest BCUT2D eigenvalue weighted by Crippen LogP contribution is -2.51. The quantitative estimate of drug-likeness (QED) is 0.0689. The molecule has 9 rings (SSSR count). The number of methoxy groups -OCH3 is 1. The molecule has 2 aromatic carbocycles. The smallest absolute Gasteiger partial charge is 0.207 e. The van der Waals surface area contributed by atoms with Crippen LogP contribution in [0.5, 0.6) is 23.0 Å². The number of hydrogen-bond donors (Lipinski definition) is 6. The zero-order chi connectivity index (χ0) is 47.5. The number of nitrogens with one attached hydrogen (secondary N) is 3. The zero-order valence-electron chi connectivity index (χ0n) is 41.4. The summed E-state index contributed by atoms with van der Waals surface area (Å²) in [5.41, 5.74) is 1.09. The molecule has 1 spiro atoms. The summed E-state index contributed by atoms with van der Waals surface area (Å²) in [7, 11) is 5.24. The minimum Gasteiger partial charge on any atom is -0.504 e. The number of aliphatic hydroxyl groups is 1. The fourth-order valence-electron chi connectivity index (χ4n) is 15.2. The second kappa shape index (κ2) is 21.0. The highest BCUT2D eigenvalue weighted by Crippen LogP contribution is 2.64.